The Morgan fingerprint density at radius 1 is 1.19 bits per heavy atom. The maximum absolute atomic E-state index is 6.16. The fourth-order valence-corrected chi connectivity index (χ4v) is 2.37. The minimum Gasteiger partial charge on any atom is -0.238 e. The summed E-state index contributed by atoms with van der Waals surface area (Å²) in [7, 11) is 0. The largest absolute Gasteiger partial charge is 0.238 e. The van der Waals surface area contributed by atoms with E-state index in [2.05, 4.69) is 12.0 Å². The molecule has 2 rings (SSSR count). The molecule has 0 aliphatic heterocycles. The van der Waals surface area contributed by atoms with Crippen molar-refractivity contribution in [2.75, 3.05) is 0 Å². The molecule has 0 fully saturated rings. The molecule has 1 heterocycles. The Labute approximate surface area is 101 Å². The Morgan fingerprint density at radius 2 is 1.81 bits per heavy atom. The predicted octanol–water partition coefficient (Wildman–Crippen LogP) is 3.79. The van der Waals surface area contributed by atoms with Gasteiger partial charge in [0.15, 0.2) is 0 Å². The van der Waals surface area contributed by atoms with E-state index in [1.807, 2.05) is 48.9 Å². The molecule has 0 N–H and O–H groups in total. The molecule has 0 aliphatic rings. The highest BCUT2D eigenvalue weighted by Gasteiger charge is 2.16. The van der Waals surface area contributed by atoms with Gasteiger partial charge in [0.1, 0.15) is 0 Å². The highest BCUT2D eigenvalue weighted by molar-refractivity contribution is 6.20. The van der Waals surface area contributed by atoms with Crippen molar-refractivity contribution < 1.29 is 0 Å². The zero-order chi connectivity index (χ0) is 11.7. The number of rotatable bonds is 2. The zero-order valence-electron chi connectivity index (χ0n) is 9.74. The maximum atomic E-state index is 6.16. The van der Waals surface area contributed by atoms with E-state index in [1.54, 1.807) is 0 Å². The number of hydrogen-bond donors (Lipinski definition) is 0. The van der Waals surface area contributed by atoms with Crippen molar-refractivity contribution in [1.82, 2.24) is 9.78 Å². The van der Waals surface area contributed by atoms with Crippen molar-refractivity contribution in [2.45, 2.75) is 26.1 Å². The van der Waals surface area contributed by atoms with Crippen molar-refractivity contribution in [2.24, 2.45) is 0 Å². The van der Waals surface area contributed by atoms with Crippen LogP contribution in [0.1, 0.15) is 29.3 Å². The first-order valence-corrected chi connectivity index (χ1v) is 5.80. The minimum atomic E-state index is -0.00235. The number of alkyl halides is 1. The molecule has 1 aromatic carbocycles. The number of halogens is 1. The number of benzene rings is 1. The number of aromatic nitrogens is 2. The fraction of sp³-hybridized carbons (Fsp3) is 0.308. The molecule has 2 aromatic rings. The van der Waals surface area contributed by atoms with Gasteiger partial charge in [0, 0.05) is 11.3 Å². The van der Waals surface area contributed by atoms with Gasteiger partial charge in [-0.05, 0) is 32.9 Å². The van der Waals surface area contributed by atoms with E-state index >= 15 is 0 Å². The molecule has 1 unspecified atom stereocenters. The first-order valence-electron chi connectivity index (χ1n) is 5.37. The Morgan fingerprint density at radius 3 is 2.31 bits per heavy atom. The normalized spacial score (nSPS) is 12.8. The number of aryl methyl sites for hydroxylation is 1. The smallest absolute Gasteiger partial charge is 0.0648 e. The summed E-state index contributed by atoms with van der Waals surface area (Å²) in [6, 6.07) is 10.1. The van der Waals surface area contributed by atoms with Crippen molar-refractivity contribution in [1.29, 1.82) is 0 Å². The van der Waals surface area contributed by atoms with Gasteiger partial charge in [-0.15, -0.1) is 11.6 Å². The van der Waals surface area contributed by atoms with Crippen LogP contribution in [0.5, 0.6) is 0 Å². The topological polar surface area (TPSA) is 17.8 Å². The highest BCUT2D eigenvalue weighted by Crippen LogP contribution is 2.27. The average molecular weight is 235 g/mol. The van der Waals surface area contributed by atoms with Crippen molar-refractivity contribution >= 4 is 11.6 Å². The summed E-state index contributed by atoms with van der Waals surface area (Å²) in [5.41, 5.74) is 4.33. The van der Waals surface area contributed by atoms with E-state index < -0.39 is 0 Å². The standard InChI is InChI=1S/C13H15ClN2/c1-9(14)13-10(2)15-16(11(13)3)12-7-5-4-6-8-12/h4-9H,1-3H3. The molecule has 84 valence electrons. The van der Waals surface area contributed by atoms with Crippen LogP contribution < -0.4 is 0 Å². The van der Waals surface area contributed by atoms with Gasteiger partial charge in [-0.2, -0.15) is 5.10 Å². The van der Waals surface area contributed by atoms with Gasteiger partial charge < -0.3 is 0 Å². The Bertz CT molecular complexity index is 486. The molecule has 0 spiro atoms. The molecule has 1 atom stereocenters. The van der Waals surface area contributed by atoms with E-state index in [9.17, 15) is 0 Å². The molecule has 1 aromatic heterocycles. The fourth-order valence-electron chi connectivity index (χ4n) is 2.05. The minimum absolute atomic E-state index is 0.00235. The molecule has 0 saturated carbocycles. The third-order valence-electron chi connectivity index (χ3n) is 2.75. The number of para-hydroxylation sites is 1. The second-order valence-corrected chi connectivity index (χ2v) is 4.60. The molecule has 16 heavy (non-hydrogen) atoms. The van der Waals surface area contributed by atoms with Crippen molar-refractivity contribution in [3.8, 4) is 5.69 Å². The lowest BCUT2D eigenvalue weighted by Gasteiger charge is -2.06. The molecule has 0 saturated heterocycles. The van der Waals surface area contributed by atoms with Crippen LogP contribution in [0.2, 0.25) is 0 Å². The molecular formula is C13H15ClN2. The van der Waals surface area contributed by atoms with Crippen LogP contribution >= 0.6 is 11.6 Å². The van der Waals surface area contributed by atoms with Crippen LogP contribution in [-0.2, 0) is 0 Å². The lowest BCUT2D eigenvalue weighted by molar-refractivity contribution is 0.832. The average Bonchev–Trinajstić information content (AvgIpc) is 2.55. The lowest BCUT2D eigenvalue weighted by Crippen LogP contribution is -1.99. The monoisotopic (exact) mass is 234 g/mol. The van der Waals surface area contributed by atoms with E-state index in [0.29, 0.717) is 0 Å². The molecule has 0 bridgehead atoms. The second-order valence-electron chi connectivity index (χ2n) is 3.95. The third-order valence-corrected chi connectivity index (χ3v) is 2.96. The quantitative estimate of drug-likeness (QED) is 0.723. The second kappa shape index (κ2) is 4.30. The summed E-state index contributed by atoms with van der Waals surface area (Å²) in [5.74, 6) is 0. The summed E-state index contributed by atoms with van der Waals surface area (Å²) in [5, 5.41) is 4.53. The van der Waals surface area contributed by atoms with Crippen LogP contribution in [0.15, 0.2) is 30.3 Å². The van der Waals surface area contributed by atoms with Crippen LogP contribution in [0.3, 0.4) is 0 Å². The van der Waals surface area contributed by atoms with Gasteiger partial charge in [-0.25, -0.2) is 4.68 Å². The number of nitrogens with zero attached hydrogens (tertiary/aromatic N) is 2. The van der Waals surface area contributed by atoms with E-state index in [0.717, 1.165) is 22.6 Å². The number of hydrogen-bond acceptors (Lipinski definition) is 1. The van der Waals surface area contributed by atoms with Gasteiger partial charge in [0.25, 0.3) is 0 Å². The molecule has 0 amide bonds. The first kappa shape index (κ1) is 11.2. The summed E-state index contributed by atoms with van der Waals surface area (Å²) in [6.07, 6.45) is 0. The van der Waals surface area contributed by atoms with Gasteiger partial charge in [0.2, 0.25) is 0 Å². The van der Waals surface area contributed by atoms with Gasteiger partial charge in [-0.3, -0.25) is 0 Å². The van der Waals surface area contributed by atoms with E-state index in [-0.39, 0.29) is 5.38 Å². The molecule has 0 radical (unpaired) electrons. The molecular weight excluding hydrogens is 220 g/mol. The maximum Gasteiger partial charge on any atom is 0.0648 e. The van der Waals surface area contributed by atoms with Crippen LogP contribution in [0.25, 0.3) is 5.69 Å². The first-order chi connectivity index (χ1) is 7.61. The van der Waals surface area contributed by atoms with Crippen LogP contribution in [0.4, 0.5) is 0 Å². The third kappa shape index (κ3) is 1.85. The predicted molar refractivity (Wildman–Crippen MR) is 67.3 cm³/mol. The van der Waals surface area contributed by atoms with Crippen molar-refractivity contribution in [3.05, 3.63) is 47.3 Å². The molecule has 3 heteroatoms. The zero-order valence-corrected chi connectivity index (χ0v) is 10.5. The lowest BCUT2D eigenvalue weighted by atomic mass is 10.1. The Kier molecular flexibility index (Phi) is 3.01. The van der Waals surface area contributed by atoms with E-state index in [4.69, 9.17) is 11.6 Å². The summed E-state index contributed by atoms with van der Waals surface area (Å²) in [6.45, 7) is 6.04. The molecule has 2 nitrogen and oxygen atoms in total. The van der Waals surface area contributed by atoms with E-state index in [1.165, 1.54) is 0 Å². The van der Waals surface area contributed by atoms with Gasteiger partial charge in [-0.1, -0.05) is 18.2 Å². The summed E-state index contributed by atoms with van der Waals surface area (Å²) in [4.78, 5) is 0. The Hall–Kier alpha value is -1.28. The van der Waals surface area contributed by atoms with Gasteiger partial charge >= 0.3 is 0 Å². The molecule has 0 aliphatic carbocycles. The summed E-state index contributed by atoms with van der Waals surface area (Å²) < 4.78 is 1.95. The van der Waals surface area contributed by atoms with Gasteiger partial charge in [0.05, 0.1) is 16.8 Å². The Balaban J connectivity index is 2.56. The summed E-state index contributed by atoms with van der Waals surface area (Å²) >= 11 is 6.16. The van der Waals surface area contributed by atoms with Crippen LogP contribution in [0, 0.1) is 13.8 Å². The van der Waals surface area contributed by atoms with Crippen molar-refractivity contribution in [3.63, 3.8) is 0 Å². The highest BCUT2D eigenvalue weighted by atomic mass is 35.5. The van der Waals surface area contributed by atoms with Crippen LogP contribution in [-0.4, -0.2) is 9.78 Å². The SMILES string of the molecule is Cc1nn(-c2ccccc2)c(C)c1C(C)Cl.